The molecule has 2 aromatic heterocycles. The number of aryl methyl sites for hydroxylation is 1. The molecule has 0 N–H and O–H groups in total. The maximum atomic E-state index is 13.1. The van der Waals surface area contributed by atoms with Crippen LogP contribution in [0.2, 0.25) is 0 Å². The average molecular weight is 364 g/mol. The third-order valence-corrected chi connectivity index (χ3v) is 5.18. The zero-order valence-electron chi connectivity index (χ0n) is 15.7. The number of hydrogen-bond acceptors (Lipinski definition) is 5. The molecular formula is C20H24N6O. The maximum absolute atomic E-state index is 13.1. The standard InChI is InChI=1S/C20H24N6O/c1-3-17(16-7-5-4-6-8-16)19(27)25-11-9-24(10-12-25)18-13-15(2)23-20-21-14-22-26(18)20/h4-8,13-14,17H,3,9-12H2,1-2H3. The summed E-state index contributed by atoms with van der Waals surface area (Å²) in [4.78, 5) is 25.9. The van der Waals surface area contributed by atoms with E-state index in [0.717, 1.165) is 36.6 Å². The number of aromatic nitrogens is 4. The van der Waals surface area contributed by atoms with Crippen molar-refractivity contribution in [3.05, 3.63) is 54.0 Å². The van der Waals surface area contributed by atoms with Gasteiger partial charge in [0.15, 0.2) is 0 Å². The Hall–Kier alpha value is -2.96. The molecule has 1 fully saturated rings. The number of hydrogen-bond donors (Lipinski definition) is 0. The fourth-order valence-corrected chi connectivity index (χ4v) is 3.75. The van der Waals surface area contributed by atoms with E-state index in [9.17, 15) is 4.79 Å². The Morgan fingerprint density at radius 3 is 2.59 bits per heavy atom. The third kappa shape index (κ3) is 3.37. The van der Waals surface area contributed by atoms with Crippen molar-refractivity contribution in [3.63, 3.8) is 0 Å². The lowest BCUT2D eigenvalue weighted by atomic mass is 9.95. The molecule has 1 unspecified atom stereocenters. The maximum Gasteiger partial charge on any atom is 0.254 e. The topological polar surface area (TPSA) is 66.6 Å². The minimum atomic E-state index is -0.0667. The monoisotopic (exact) mass is 364 g/mol. The SMILES string of the molecule is CCC(C(=O)N1CCN(c2cc(C)nc3ncnn23)CC1)c1ccccc1. The van der Waals surface area contributed by atoms with Crippen molar-refractivity contribution in [1.82, 2.24) is 24.5 Å². The molecule has 1 amide bonds. The summed E-state index contributed by atoms with van der Waals surface area (Å²) in [6, 6.07) is 12.1. The van der Waals surface area contributed by atoms with Gasteiger partial charge >= 0.3 is 0 Å². The highest BCUT2D eigenvalue weighted by molar-refractivity contribution is 5.84. The van der Waals surface area contributed by atoms with Crippen LogP contribution in [0.1, 0.15) is 30.5 Å². The zero-order chi connectivity index (χ0) is 18.8. The molecule has 0 radical (unpaired) electrons. The molecule has 7 heteroatoms. The summed E-state index contributed by atoms with van der Waals surface area (Å²) in [6.07, 6.45) is 2.34. The van der Waals surface area contributed by atoms with Crippen LogP contribution in [0.5, 0.6) is 0 Å². The Morgan fingerprint density at radius 1 is 1.15 bits per heavy atom. The number of benzene rings is 1. The Balaban J connectivity index is 1.48. The van der Waals surface area contributed by atoms with E-state index in [0.29, 0.717) is 18.9 Å². The lowest BCUT2D eigenvalue weighted by molar-refractivity contribution is -0.133. The first-order valence-corrected chi connectivity index (χ1v) is 9.43. The van der Waals surface area contributed by atoms with Crippen LogP contribution >= 0.6 is 0 Å². The van der Waals surface area contributed by atoms with E-state index in [2.05, 4.69) is 26.9 Å². The zero-order valence-corrected chi connectivity index (χ0v) is 15.7. The van der Waals surface area contributed by atoms with E-state index in [1.165, 1.54) is 6.33 Å². The number of carbonyl (C=O) groups excluding carboxylic acids is 1. The van der Waals surface area contributed by atoms with Gasteiger partial charge in [-0.1, -0.05) is 37.3 Å². The number of rotatable bonds is 4. The fourth-order valence-electron chi connectivity index (χ4n) is 3.75. The third-order valence-electron chi connectivity index (χ3n) is 5.18. The number of piperazine rings is 1. The van der Waals surface area contributed by atoms with E-state index in [1.807, 2.05) is 48.2 Å². The van der Waals surface area contributed by atoms with Crippen molar-refractivity contribution in [2.45, 2.75) is 26.2 Å². The first kappa shape index (κ1) is 17.5. The molecule has 4 rings (SSSR count). The molecule has 1 atom stereocenters. The highest BCUT2D eigenvalue weighted by atomic mass is 16.2. The molecule has 0 saturated carbocycles. The summed E-state index contributed by atoms with van der Waals surface area (Å²) in [5.74, 6) is 1.75. The highest BCUT2D eigenvalue weighted by Crippen LogP contribution is 2.24. The predicted octanol–water partition coefficient (Wildman–Crippen LogP) is 2.28. The second kappa shape index (κ2) is 7.34. The van der Waals surface area contributed by atoms with Crippen LogP contribution in [0.15, 0.2) is 42.7 Å². The Bertz CT molecular complexity index is 930. The molecule has 27 heavy (non-hydrogen) atoms. The average Bonchev–Trinajstić information content (AvgIpc) is 3.17. The van der Waals surface area contributed by atoms with Gasteiger partial charge in [-0.3, -0.25) is 4.79 Å². The lowest BCUT2D eigenvalue weighted by Gasteiger charge is -2.37. The van der Waals surface area contributed by atoms with Crippen LogP contribution < -0.4 is 4.90 Å². The van der Waals surface area contributed by atoms with Gasteiger partial charge in [0.1, 0.15) is 12.1 Å². The Morgan fingerprint density at radius 2 is 1.89 bits per heavy atom. The molecule has 1 aromatic carbocycles. The van der Waals surface area contributed by atoms with Crippen molar-refractivity contribution >= 4 is 17.5 Å². The van der Waals surface area contributed by atoms with Crippen molar-refractivity contribution < 1.29 is 4.79 Å². The molecular weight excluding hydrogens is 340 g/mol. The first-order valence-electron chi connectivity index (χ1n) is 9.43. The predicted molar refractivity (Wildman–Crippen MR) is 104 cm³/mol. The molecule has 7 nitrogen and oxygen atoms in total. The molecule has 0 bridgehead atoms. The molecule has 1 aliphatic heterocycles. The van der Waals surface area contributed by atoms with Crippen LogP contribution in [0.4, 0.5) is 5.82 Å². The van der Waals surface area contributed by atoms with Crippen molar-refractivity contribution in [2.75, 3.05) is 31.1 Å². The van der Waals surface area contributed by atoms with Gasteiger partial charge in [-0.25, -0.2) is 4.98 Å². The molecule has 3 heterocycles. The molecule has 0 spiro atoms. The summed E-state index contributed by atoms with van der Waals surface area (Å²) < 4.78 is 1.77. The molecule has 140 valence electrons. The second-order valence-electron chi connectivity index (χ2n) is 6.91. The minimum absolute atomic E-state index is 0.0667. The van der Waals surface area contributed by atoms with Gasteiger partial charge in [0, 0.05) is 37.9 Å². The molecule has 1 saturated heterocycles. The first-order chi connectivity index (χ1) is 13.2. The summed E-state index contributed by atoms with van der Waals surface area (Å²) in [7, 11) is 0. The van der Waals surface area contributed by atoms with Gasteiger partial charge in [0.2, 0.25) is 5.91 Å². The number of amides is 1. The fraction of sp³-hybridized carbons (Fsp3) is 0.400. The van der Waals surface area contributed by atoms with Gasteiger partial charge in [0.25, 0.3) is 5.78 Å². The van der Waals surface area contributed by atoms with Gasteiger partial charge in [0.05, 0.1) is 5.92 Å². The van der Waals surface area contributed by atoms with E-state index in [-0.39, 0.29) is 11.8 Å². The summed E-state index contributed by atoms with van der Waals surface area (Å²) in [6.45, 7) is 7.00. The van der Waals surface area contributed by atoms with Gasteiger partial charge in [-0.05, 0) is 18.9 Å². The van der Waals surface area contributed by atoms with Gasteiger partial charge in [-0.15, -0.1) is 0 Å². The number of fused-ring (bicyclic) bond motifs is 1. The molecule has 0 aliphatic carbocycles. The quantitative estimate of drug-likeness (QED) is 0.710. The van der Waals surface area contributed by atoms with Crippen LogP contribution in [0.25, 0.3) is 5.78 Å². The molecule has 1 aliphatic rings. The van der Waals surface area contributed by atoms with E-state index in [4.69, 9.17) is 0 Å². The van der Waals surface area contributed by atoms with Crippen LogP contribution in [-0.4, -0.2) is 56.6 Å². The summed E-state index contributed by atoms with van der Waals surface area (Å²) in [5, 5.41) is 4.29. The second-order valence-corrected chi connectivity index (χ2v) is 6.91. The number of nitrogens with zero attached hydrogens (tertiary/aromatic N) is 6. The summed E-state index contributed by atoms with van der Waals surface area (Å²) in [5.41, 5.74) is 2.01. The lowest BCUT2D eigenvalue weighted by Crippen LogP contribution is -2.50. The normalized spacial score (nSPS) is 15.9. The Labute approximate surface area is 158 Å². The van der Waals surface area contributed by atoms with Gasteiger partial charge < -0.3 is 9.80 Å². The van der Waals surface area contributed by atoms with Crippen molar-refractivity contribution in [1.29, 1.82) is 0 Å². The number of carbonyl (C=O) groups is 1. The highest BCUT2D eigenvalue weighted by Gasteiger charge is 2.28. The van der Waals surface area contributed by atoms with E-state index in [1.54, 1.807) is 4.52 Å². The van der Waals surface area contributed by atoms with Crippen LogP contribution in [0.3, 0.4) is 0 Å². The summed E-state index contributed by atoms with van der Waals surface area (Å²) >= 11 is 0. The van der Waals surface area contributed by atoms with Gasteiger partial charge in [-0.2, -0.15) is 14.6 Å². The smallest absolute Gasteiger partial charge is 0.254 e. The van der Waals surface area contributed by atoms with E-state index >= 15 is 0 Å². The van der Waals surface area contributed by atoms with Crippen molar-refractivity contribution in [2.24, 2.45) is 0 Å². The minimum Gasteiger partial charge on any atom is -0.353 e. The van der Waals surface area contributed by atoms with Crippen LogP contribution in [0, 0.1) is 6.92 Å². The van der Waals surface area contributed by atoms with E-state index < -0.39 is 0 Å². The van der Waals surface area contributed by atoms with Crippen molar-refractivity contribution in [3.8, 4) is 0 Å². The largest absolute Gasteiger partial charge is 0.353 e. The van der Waals surface area contributed by atoms with Crippen LogP contribution in [-0.2, 0) is 4.79 Å². The Kier molecular flexibility index (Phi) is 4.75. The molecule has 3 aromatic rings. The number of anilines is 1.